The van der Waals surface area contributed by atoms with Crippen LogP contribution in [0.4, 0.5) is 4.39 Å². The molecule has 1 fully saturated rings. The quantitative estimate of drug-likeness (QED) is 0.833. The molecule has 1 aliphatic heterocycles. The molecule has 0 radical (unpaired) electrons. The van der Waals surface area contributed by atoms with E-state index in [1.165, 1.54) is 25.0 Å². The first-order chi connectivity index (χ1) is 11.0. The van der Waals surface area contributed by atoms with Crippen molar-refractivity contribution in [2.24, 2.45) is 5.92 Å². The summed E-state index contributed by atoms with van der Waals surface area (Å²) in [5.41, 5.74) is 1.03. The first-order valence-electron chi connectivity index (χ1n) is 8.73. The van der Waals surface area contributed by atoms with Gasteiger partial charge >= 0.3 is 0 Å². The smallest absolute Gasteiger partial charge is 0.220 e. The van der Waals surface area contributed by atoms with Crippen LogP contribution in [0, 0.1) is 11.7 Å². The average Bonchev–Trinajstić information content (AvgIpc) is 3.05. The highest BCUT2D eigenvalue weighted by atomic mass is 19.1. The van der Waals surface area contributed by atoms with E-state index in [1.54, 1.807) is 12.1 Å². The van der Waals surface area contributed by atoms with Crippen molar-refractivity contribution in [1.29, 1.82) is 0 Å². The van der Waals surface area contributed by atoms with E-state index < -0.39 is 0 Å². The maximum atomic E-state index is 13.1. The second-order valence-corrected chi connectivity index (χ2v) is 7.00. The summed E-state index contributed by atoms with van der Waals surface area (Å²) >= 11 is 0. The molecule has 2 atom stereocenters. The van der Waals surface area contributed by atoms with Crippen molar-refractivity contribution in [2.45, 2.75) is 52.0 Å². The van der Waals surface area contributed by atoms with Gasteiger partial charge in [-0.25, -0.2) is 4.39 Å². The third-order valence-corrected chi connectivity index (χ3v) is 4.87. The van der Waals surface area contributed by atoms with Gasteiger partial charge in [0, 0.05) is 19.0 Å². The predicted molar refractivity (Wildman–Crippen MR) is 91.9 cm³/mol. The topological polar surface area (TPSA) is 32.3 Å². The van der Waals surface area contributed by atoms with Crippen LogP contribution >= 0.6 is 0 Å². The third-order valence-electron chi connectivity index (χ3n) is 4.87. The molecule has 0 spiro atoms. The first kappa shape index (κ1) is 17.9. The summed E-state index contributed by atoms with van der Waals surface area (Å²) in [6.45, 7) is 9.36. The van der Waals surface area contributed by atoms with Crippen molar-refractivity contribution >= 4 is 5.91 Å². The Morgan fingerprint density at radius 2 is 1.78 bits per heavy atom. The van der Waals surface area contributed by atoms with Crippen LogP contribution in [0.2, 0.25) is 0 Å². The summed E-state index contributed by atoms with van der Waals surface area (Å²) in [6.07, 6.45) is 2.98. The molecular weight excluding hydrogens is 291 g/mol. The van der Waals surface area contributed by atoms with Crippen LogP contribution < -0.4 is 5.32 Å². The maximum absolute atomic E-state index is 13.1. The number of nitrogens with one attached hydrogen (secondary N) is 1. The first-order valence-corrected chi connectivity index (χ1v) is 8.73. The minimum Gasteiger partial charge on any atom is -0.355 e. The molecule has 1 amide bonds. The lowest BCUT2D eigenvalue weighted by Crippen LogP contribution is -2.41. The van der Waals surface area contributed by atoms with Crippen LogP contribution in [-0.2, 0) is 4.79 Å². The molecule has 1 saturated heterocycles. The number of hydrogen-bond acceptors (Lipinski definition) is 2. The van der Waals surface area contributed by atoms with Gasteiger partial charge in [0.05, 0.1) is 0 Å². The Balaban J connectivity index is 1.86. The molecular formula is C19H29FN2O. The second-order valence-electron chi connectivity index (χ2n) is 7.00. The SMILES string of the molecule is CC(C)C(CC(=O)NCC(C)N1CCCC1)c1ccc(F)cc1. The van der Waals surface area contributed by atoms with Crippen LogP contribution in [0.1, 0.15) is 51.5 Å². The number of carbonyl (C=O) groups excluding carboxylic acids is 1. The zero-order chi connectivity index (χ0) is 16.8. The molecule has 128 valence electrons. The van der Waals surface area contributed by atoms with E-state index in [9.17, 15) is 9.18 Å². The molecule has 0 bridgehead atoms. The number of nitrogens with zero attached hydrogens (tertiary/aromatic N) is 1. The van der Waals surface area contributed by atoms with Gasteiger partial charge in [-0.1, -0.05) is 26.0 Å². The minimum atomic E-state index is -0.236. The zero-order valence-electron chi connectivity index (χ0n) is 14.5. The van der Waals surface area contributed by atoms with E-state index in [0.29, 0.717) is 24.9 Å². The number of likely N-dealkylation sites (tertiary alicyclic amines) is 1. The molecule has 1 aromatic carbocycles. The van der Waals surface area contributed by atoms with Crippen LogP contribution in [-0.4, -0.2) is 36.5 Å². The predicted octanol–water partition coefficient (Wildman–Crippen LogP) is 3.56. The molecule has 2 unspecified atom stereocenters. The molecule has 4 heteroatoms. The number of halogens is 1. The lowest BCUT2D eigenvalue weighted by atomic mass is 9.85. The standard InChI is InChI=1S/C19H29FN2O/c1-14(2)18(16-6-8-17(20)9-7-16)12-19(23)21-13-15(3)22-10-4-5-11-22/h6-9,14-15,18H,4-5,10-13H2,1-3H3,(H,21,23). The second kappa shape index (κ2) is 8.44. The Morgan fingerprint density at radius 3 is 2.35 bits per heavy atom. The summed E-state index contributed by atoms with van der Waals surface area (Å²) in [5.74, 6) is 0.305. The van der Waals surface area contributed by atoms with E-state index in [4.69, 9.17) is 0 Å². The van der Waals surface area contributed by atoms with E-state index in [0.717, 1.165) is 18.7 Å². The zero-order valence-corrected chi connectivity index (χ0v) is 14.5. The van der Waals surface area contributed by atoms with Crippen LogP contribution in [0.25, 0.3) is 0 Å². The van der Waals surface area contributed by atoms with Gasteiger partial charge in [-0.05, 0) is 62.4 Å². The van der Waals surface area contributed by atoms with E-state index in [-0.39, 0.29) is 17.6 Å². The maximum Gasteiger partial charge on any atom is 0.220 e. The summed E-state index contributed by atoms with van der Waals surface area (Å²) in [5, 5.41) is 3.07. The molecule has 1 aromatic rings. The van der Waals surface area contributed by atoms with Gasteiger partial charge in [-0.2, -0.15) is 0 Å². The van der Waals surface area contributed by atoms with Crippen LogP contribution in [0.3, 0.4) is 0 Å². The molecule has 0 aromatic heterocycles. The molecule has 0 aliphatic carbocycles. The minimum absolute atomic E-state index is 0.0825. The van der Waals surface area contributed by atoms with Gasteiger partial charge < -0.3 is 5.32 Å². The average molecular weight is 320 g/mol. The molecule has 1 heterocycles. The molecule has 2 rings (SSSR count). The molecule has 3 nitrogen and oxygen atoms in total. The summed E-state index contributed by atoms with van der Waals surface area (Å²) in [6, 6.07) is 6.92. The normalized spacial score (nSPS) is 18.1. The molecule has 23 heavy (non-hydrogen) atoms. The van der Waals surface area contributed by atoms with Crippen molar-refractivity contribution in [2.75, 3.05) is 19.6 Å². The van der Waals surface area contributed by atoms with Gasteiger partial charge in [0.15, 0.2) is 0 Å². The summed E-state index contributed by atoms with van der Waals surface area (Å²) < 4.78 is 13.1. The van der Waals surface area contributed by atoms with Gasteiger partial charge in [0.2, 0.25) is 5.91 Å². The van der Waals surface area contributed by atoms with Gasteiger partial charge in [-0.15, -0.1) is 0 Å². The Bertz CT molecular complexity index is 495. The fraction of sp³-hybridized carbons (Fsp3) is 0.632. The van der Waals surface area contributed by atoms with E-state index >= 15 is 0 Å². The van der Waals surface area contributed by atoms with Crippen molar-refractivity contribution in [3.63, 3.8) is 0 Å². The van der Waals surface area contributed by atoms with Crippen molar-refractivity contribution < 1.29 is 9.18 Å². The largest absolute Gasteiger partial charge is 0.355 e. The van der Waals surface area contributed by atoms with Crippen molar-refractivity contribution in [3.05, 3.63) is 35.6 Å². The Morgan fingerprint density at radius 1 is 1.17 bits per heavy atom. The summed E-state index contributed by atoms with van der Waals surface area (Å²) in [4.78, 5) is 14.7. The molecule has 0 saturated carbocycles. The number of rotatable bonds is 7. The van der Waals surface area contributed by atoms with Gasteiger partial charge in [-0.3, -0.25) is 9.69 Å². The summed E-state index contributed by atoms with van der Waals surface area (Å²) in [7, 11) is 0. The number of carbonyl (C=O) groups is 1. The van der Waals surface area contributed by atoms with Crippen molar-refractivity contribution in [1.82, 2.24) is 10.2 Å². The van der Waals surface area contributed by atoms with E-state index in [1.807, 2.05) is 0 Å². The Kier molecular flexibility index (Phi) is 6.58. The van der Waals surface area contributed by atoms with Gasteiger partial charge in [0.1, 0.15) is 5.82 Å². The van der Waals surface area contributed by atoms with E-state index in [2.05, 4.69) is 31.0 Å². The fourth-order valence-electron chi connectivity index (χ4n) is 3.29. The van der Waals surface area contributed by atoms with Gasteiger partial charge in [0.25, 0.3) is 0 Å². The molecule has 1 aliphatic rings. The Labute approximate surface area is 139 Å². The third kappa shape index (κ3) is 5.31. The highest BCUT2D eigenvalue weighted by Gasteiger charge is 2.22. The number of benzene rings is 1. The van der Waals surface area contributed by atoms with Crippen LogP contribution in [0.5, 0.6) is 0 Å². The number of amides is 1. The Hall–Kier alpha value is -1.42. The van der Waals surface area contributed by atoms with Crippen LogP contribution in [0.15, 0.2) is 24.3 Å². The highest BCUT2D eigenvalue weighted by molar-refractivity contribution is 5.77. The molecule has 1 N–H and O–H groups in total. The lowest BCUT2D eigenvalue weighted by molar-refractivity contribution is -0.121. The number of hydrogen-bond donors (Lipinski definition) is 1. The monoisotopic (exact) mass is 320 g/mol. The fourth-order valence-corrected chi connectivity index (χ4v) is 3.29. The lowest BCUT2D eigenvalue weighted by Gasteiger charge is -2.25. The van der Waals surface area contributed by atoms with Crippen molar-refractivity contribution in [3.8, 4) is 0 Å². The highest BCUT2D eigenvalue weighted by Crippen LogP contribution is 2.28.